The van der Waals surface area contributed by atoms with Crippen LogP contribution in [0.1, 0.15) is 5.56 Å². The summed E-state index contributed by atoms with van der Waals surface area (Å²) in [6.07, 6.45) is 0. The number of benzene rings is 7. The topological polar surface area (TPSA) is 37.4 Å². The molecule has 0 amide bonds. The molecule has 0 radical (unpaired) electrons. The average Bonchev–Trinajstić information content (AvgIpc) is 3.52. The Balaban J connectivity index is 1.40. The number of aromatic nitrogens is 1. The highest BCUT2D eigenvalue weighted by atomic mass is 28.3. The lowest BCUT2D eigenvalue weighted by Gasteiger charge is -2.36. The van der Waals surface area contributed by atoms with Gasteiger partial charge >= 0.3 is 0 Å². The predicted molar refractivity (Wildman–Crippen MR) is 207 cm³/mol. The van der Waals surface area contributed by atoms with Gasteiger partial charge in [-0.25, -0.2) is 9.69 Å². The van der Waals surface area contributed by atoms with Crippen LogP contribution in [0.4, 0.5) is 11.4 Å². The van der Waals surface area contributed by atoms with Gasteiger partial charge in [0.05, 0.1) is 35.8 Å². The summed E-state index contributed by atoms with van der Waals surface area (Å²) in [6.45, 7) is 16.1. The molecule has 5 heteroatoms. The summed E-state index contributed by atoms with van der Waals surface area (Å²) in [5.41, 5.74) is 6.22. The second-order valence-corrected chi connectivity index (χ2v) is 16.0. The Morgan fingerprint density at radius 2 is 1.08 bits per heavy atom. The van der Waals surface area contributed by atoms with E-state index in [0.717, 1.165) is 38.6 Å². The van der Waals surface area contributed by atoms with Crippen molar-refractivity contribution in [2.75, 3.05) is 0 Å². The molecule has 0 bridgehead atoms. The molecular weight excluding hydrogens is 625 g/mol. The highest BCUT2D eigenvalue weighted by molar-refractivity contribution is 7.20. The average molecular weight is 653 g/mol. The summed E-state index contributed by atoms with van der Waals surface area (Å²) in [5, 5.41) is 16.5. The fourth-order valence-electron chi connectivity index (χ4n) is 7.48. The van der Waals surface area contributed by atoms with E-state index in [0.29, 0.717) is 16.9 Å². The maximum atomic E-state index is 9.66. The molecule has 8 rings (SSSR count). The van der Waals surface area contributed by atoms with Crippen LogP contribution in [-0.2, 0) is 0 Å². The molecule has 0 aliphatic rings. The van der Waals surface area contributed by atoms with Gasteiger partial charge < -0.3 is 4.57 Å². The van der Waals surface area contributed by atoms with Crippen LogP contribution in [-0.4, -0.2) is 12.6 Å². The van der Waals surface area contributed by atoms with Crippen LogP contribution in [0.5, 0.6) is 0 Å². The normalized spacial score (nSPS) is 11.1. The third-order valence-electron chi connectivity index (χ3n) is 9.61. The van der Waals surface area contributed by atoms with Crippen LogP contribution in [0, 0.1) is 24.5 Å². The fraction of sp³-hybridized carbons (Fsp3) is 0. The molecule has 0 N–H and O–H groups in total. The summed E-state index contributed by atoms with van der Waals surface area (Å²) < 4.78 is 2.13. The van der Waals surface area contributed by atoms with E-state index in [4.69, 9.17) is 13.1 Å². The SMILES string of the molecule is [C-]#[N+]c1ccc2c(c1)c1cc(C#N)ccc1n2-c1ccc(-c2ccccc2[Si](c2ccccc2)(c2ccccc2)c2ccccc2)c([N+]#[C-])c1. The van der Waals surface area contributed by atoms with E-state index in [1.165, 1.54) is 20.7 Å². The van der Waals surface area contributed by atoms with Gasteiger partial charge in [-0.1, -0.05) is 127 Å². The standard InChI is InChI=1S/C45H28N4Si/c1-47-33-23-27-44-41(29-33)40-28-32(31-46)22-26-43(40)49(44)34-24-25-38(42(30-34)48-2)39-20-12-13-21-45(39)50(35-14-6-3-7-15-35,36-16-8-4-9-17-36)37-18-10-5-11-19-37/h3-30H. The van der Waals surface area contributed by atoms with Gasteiger partial charge in [-0.3, -0.25) is 0 Å². The number of rotatable bonds is 6. The molecule has 0 saturated heterocycles. The molecule has 7 aromatic carbocycles. The highest BCUT2D eigenvalue weighted by Gasteiger charge is 2.42. The predicted octanol–water partition coefficient (Wildman–Crippen LogP) is 8.80. The minimum atomic E-state index is -2.88. The van der Waals surface area contributed by atoms with Gasteiger partial charge in [0.2, 0.25) is 0 Å². The Labute approximate surface area is 292 Å². The van der Waals surface area contributed by atoms with Crippen molar-refractivity contribution in [1.29, 1.82) is 5.26 Å². The first-order valence-corrected chi connectivity index (χ1v) is 18.3. The maximum absolute atomic E-state index is 9.66. The van der Waals surface area contributed by atoms with Crippen molar-refractivity contribution in [3.8, 4) is 22.9 Å². The minimum absolute atomic E-state index is 0.538. The van der Waals surface area contributed by atoms with Crippen LogP contribution >= 0.6 is 0 Å². The van der Waals surface area contributed by atoms with Gasteiger partial charge in [-0.2, -0.15) is 5.26 Å². The molecule has 0 spiro atoms. The van der Waals surface area contributed by atoms with Gasteiger partial charge in [-0.05, 0) is 79.7 Å². The quantitative estimate of drug-likeness (QED) is 0.101. The van der Waals surface area contributed by atoms with Gasteiger partial charge in [0.15, 0.2) is 19.4 Å². The second kappa shape index (κ2) is 12.6. The second-order valence-electron chi connectivity index (χ2n) is 12.2. The van der Waals surface area contributed by atoms with Crippen LogP contribution in [0.2, 0.25) is 0 Å². The third kappa shape index (κ3) is 4.80. The molecule has 4 nitrogen and oxygen atoms in total. The van der Waals surface area contributed by atoms with E-state index in [1.807, 2.05) is 42.5 Å². The Morgan fingerprint density at radius 1 is 0.520 bits per heavy atom. The van der Waals surface area contributed by atoms with Crippen LogP contribution in [0.3, 0.4) is 0 Å². The summed E-state index contributed by atoms with van der Waals surface area (Å²) in [4.78, 5) is 7.80. The molecule has 1 heterocycles. The number of hydrogen-bond acceptors (Lipinski definition) is 1. The first-order valence-electron chi connectivity index (χ1n) is 16.3. The molecule has 50 heavy (non-hydrogen) atoms. The molecule has 0 aliphatic heterocycles. The van der Waals surface area contributed by atoms with E-state index in [2.05, 4.69) is 148 Å². The minimum Gasteiger partial charge on any atom is -0.311 e. The summed E-state index contributed by atoms with van der Waals surface area (Å²) in [5.74, 6) is 0. The van der Waals surface area contributed by atoms with Crippen molar-refractivity contribution in [2.24, 2.45) is 0 Å². The number of nitriles is 1. The molecule has 0 aliphatic carbocycles. The fourth-order valence-corrected chi connectivity index (χ4v) is 12.5. The zero-order chi connectivity index (χ0) is 34.1. The summed E-state index contributed by atoms with van der Waals surface area (Å²) >= 11 is 0. The Morgan fingerprint density at radius 3 is 1.66 bits per heavy atom. The molecule has 8 aromatic rings. The highest BCUT2D eigenvalue weighted by Crippen LogP contribution is 2.38. The molecule has 0 saturated carbocycles. The van der Waals surface area contributed by atoms with E-state index < -0.39 is 8.07 Å². The molecule has 232 valence electrons. The number of nitrogens with zero attached hydrogens (tertiary/aromatic N) is 4. The molecule has 0 unspecified atom stereocenters. The molecule has 1 aromatic heterocycles. The van der Waals surface area contributed by atoms with Gasteiger partial charge in [0.25, 0.3) is 0 Å². The largest absolute Gasteiger partial charge is 0.311 e. The van der Waals surface area contributed by atoms with Crippen LogP contribution < -0.4 is 20.7 Å². The van der Waals surface area contributed by atoms with Crippen molar-refractivity contribution in [3.05, 3.63) is 198 Å². The smallest absolute Gasteiger partial charge is 0.196 e. The zero-order valence-electron chi connectivity index (χ0n) is 27.0. The number of hydrogen-bond donors (Lipinski definition) is 0. The van der Waals surface area contributed by atoms with Crippen molar-refractivity contribution in [2.45, 2.75) is 0 Å². The van der Waals surface area contributed by atoms with Crippen LogP contribution in [0.15, 0.2) is 170 Å². The summed E-state index contributed by atoms with van der Waals surface area (Å²) in [7, 11) is -2.88. The molecular formula is C45H28N4Si. The lowest BCUT2D eigenvalue weighted by Crippen LogP contribution is -2.75. The zero-order valence-corrected chi connectivity index (χ0v) is 28.0. The Hall–Kier alpha value is -6.97. The van der Waals surface area contributed by atoms with E-state index >= 15 is 0 Å². The van der Waals surface area contributed by atoms with E-state index in [9.17, 15) is 5.26 Å². The monoisotopic (exact) mass is 652 g/mol. The Bertz CT molecular complexity index is 2510. The molecule has 0 fully saturated rings. The van der Waals surface area contributed by atoms with Crippen LogP contribution in [0.25, 0.3) is 48.3 Å². The van der Waals surface area contributed by atoms with Crippen molar-refractivity contribution in [3.63, 3.8) is 0 Å². The van der Waals surface area contributed by atoms with Crippen molar-refractivity contribution in [1.82, 2.24) is 4.57 Å². The first kappa shape index (κ1) is 30.4. The first-order chi connectivity index (χ1) is 24.7. The van der Waals surface area contributed by atoms with Crippen molar-refractivity contribution < 1.29 is 0 Å². The number of fused-ring (bicyclic) bond motifs is 3. The lowest BCUT2D eigenvalue weighted by molar-refractivity contribution is 1.18. The van der Waals surface area contributed by atoms with E-state index in [1.54, 1.807) is 0 Å². The third-order valence-corrected chi connectivity index (χ3v) is 14.5. The maximum Gasteiger partial charge on any atom is 0.196 e. The van der Waals surface area contributed by atoms with Crippen molar-refractivity contribution >= 4 is 62.0 Å². The lowest BCUT2D eigenvalue weighted by atomic mass is 10.0. The Kier molecular flexibility index (Phi) is 7.63. The summed E-state index contributed by atoms with van der Waals surface area (Å²) in [6, 6.07) is 60.7. The van der Waals surface area contributed by atoms with Gasteiger partial charge in [-0.15, -0.1) is 0 Å². The van der Waals surface area contributed by atoms with E-state index in [-0.39, 0.29) is 0 Å². The van der Waals surface area contributed by atoms with Gasteiger partial charge in [0, 0.05) is 11.1 Å². The van der Waals surface area contributed by atoms with Gasteiger partial charge in [0.1, 0.15) is 0 Å². The molecule has 0 atom stereocenters.